The maximum Gasteiger partial charge on any atom is 0.296 e. The number of rotatable bonds is 3. The van der Waals surface area contributed by atoms with Gasteiger partial charge >= 0.3 is 0 Å². The molecule has 0 aliphatic heterocycles. The minimum Gasteiger partial charge on any atom is -0.505 e. The van der Waals surface area contributed by atoms with Gasteiger partial charge in [-0.3, -0.25) is 14.9 Å². The first-order valence-electron chi connectivity index (χ1n) is 6.52. The molecule has 1 fully saturated rings. The number of phenolic OH excluding ortho intramolecular Hbond substituents is 1. The third-order valence-electron chi connectivity index (χ3n) is 3.61. The minimum atomic E-state index is -0.633. The summed E-state index contributed by atoms with van der Waals surface area (Å²) in [6.07, 6.45) is 2.85. The molecule has 0 bridgehead atoms. The zero-order chi connectivity index (χ0) is 14.7. The van der Waals surface area contributed by atoms with E-state index in [-0.39, 0.29) is 35.0 Å². The second-order valence-corrected chi connectivity index (χ2v) is 5.03. The fraction of sp³-hybridized carbons (Fsp3) is 0.462. The Hall–Kier alpha value is -2.15. The summed E-state index contributed by atoms with van der Waals surface area (Å²) in [5.41, 5.74) is 5.32. The lowest BCUT2D eigenvalue weighted by Gasteiger charge is -2.25. The van der Waals surface area contributed by atoms with E-state index in [1.165, 1.54) is 18.2 Å². The van der Waals surface area contributed by atoms with Gasteiger partial charge in [-0.1, -0.05) is 6.07 Å². The second kappa shape index (κ2) is 5.87. The number of nitrogens with two attached hydrogens (primary N) is 1. The molecule has 1 saturated carbocycles. The van der Waals surface area contributed by atoms with Crippen molar-refractivity contribution >= 4 is 17.3 Å². The number of nitro groups is 1. The highest BCUT2D eigenvalue weighted by atomic mass is 16.6. The van der Waals surface area contributed by atoms with Crippen LogP contribution in [-0.2, 0) is 4.79 Å². The van der Waals surface area contributed by atoms with Crippen molar-refractivity contribution in [1.82, 2.24) is 0 Å². The van der Waals surface area contributed by atoms with Gasteiger partial charge in [0.2, 0.25) is 5.91 Å². The zero-order valence-electron chi connectivity index (χ0n) is 10.9. The highest BCUT2D eigenvalue weighted by Gasteiger charge is 2.27. The lowest BCUT2D eigenvalue weighted by Crippen LogP contribution is -2.32. The smallest absolute Gasteiger partial charge is 0.296 e. The summed E-state index contributed by atoms with van der Waals surface area (Å²) in [5.74, 6) is -0.824. The Kier molecular flexibility index (Phi) is 4.19. The number of amides is 1. The minimum absolute atomic E-state index is 0.124. The molecule has 1 aliphatic carbocycles. The van der Waals surface area contributed by atoms with Crippen LogP contribution >= 0.6 is 0 Å². The molecule has 7 heteroatoms. The van der Waals surface area contributed by atoms with Crippen LogP contribution in [0.3, 0.4) is 0 Å². The molecule has 0 saturated heterocycles. The molecule has 0 heterocycles. The van der Waals surface area contributed by atoms with Gasteiger partial charge in [0.25, 0.3) is 5.69 Å². The fourth-order valence-corrected chi connectivity index (χ4v) is 2.42. The van der Waals surface area contributed by atoms with Crippen LogP contribution in [0, 0.1) is 16.0 Å². The lowest BCUT2D eigenvalue weighted by molar-refractivity contribution is -0.384. The number of nitrogens with zero attached hydrogens (tertiary/aromatic N) is 1. The number of aromatic hydroxyl groups is 1. The van der Waals surface area contributed by atoms with Crippen molar-refractivity contribution in [2.75, 3.05) is 5.32 Å². The van der Waals surface area contributed by atoms with Crippen LogP contribution in [0.2, 0.25) is 0 Å². The van der Waals surface area contributed by atoms with E-state index in [2.05, 4.69) is 5.32 Å². The number of nitrogens with one attached hydrogen (secondary N) is 1. The first-order chi connectivity index (χ1) is 9.49. The largest absolute Gasteiger partial charge is 0.505 e. The molecule has 2 rings (SSSR count). The predicted octanol–water partition coefficient (Wildman–Crippen LogP) is 1.76. The Balaban J connectivity index is 2.13. The van der Waals surface area contributed by atoms with Gasteiger partial charge in [0.1, 0.15) is 5.75 Å². The van der Waals surface area contributed by atoms with Crippen LogP contribution in [0.5, 0.6) is 5.75 Å². The molecular weight excluding hydrogens is 262 g/mol. The predicted molar refractivity (Wildman–Crippen MR) is 73.3 cm³/mol. The van der Waals surface area contributed by atoms with Gasteiger partial charge in [-0.25, -0.2) is 0 Å². The number of nitro benzene ring substituents is 1. The normalized spacial score (nSPS) is 22.2. The number of carbonyl (C=O) groups is 1. The Labute approximate surface area is 115 Å². The van der Waals surface area contributed by atoms with Crippen molar-refractivity contribution in [1.29, 1.82) is 0 Å². The van der Waals surface area contributed by atoms with Crippen LogP contribution in [0.15, 0.2) is 18.2 Å². The average Bonchev–Trinajstić information content (AvgIpc) is 2.41. The quantitative estimate of drug-likeness (QED) is 0.442. The SMILES string of the molecule is NC1CCC(C(=O)Nc2c(O)cccc2[N+](=O)[O-])CC1. The monoisotopic (exact) mass is 279 g/mol. The van der Waals surface area contributed by atoms with E-state index in [4.69, 9.17) is 5.73 Å². The van der Waals surface area contributed by atoms with Gasteiger partial charge in [-0.05, 0) is 31.7 Å². The van der Waals surface area contributed by atoms with Crippen LogP contribution < -0.4 is 11.1 Å². The van der Waals surface area contributed by atoms with Crippen LogP contribution in [-0.4, -0.2) is 22.0 Å². The Morgan fingerprint density at radius 1 is 1.35 bits per heavy atom. The summed E-state index contributed by atoms with van der Waals surface area (Å²) in [6.45, 7) is 0. The molecule has 0 aromatic heterocycles. The molecule has 4 N–H and O–H groups in total. The van der Waals surface area contributed by atoms with E-state index in [9.17, 15) is 20.0 Å². The first-order valence-corrected chi connectivity index (χ1v) is 6.52. The maximum atomic E-state index is 12.1. The van der Waals surface area contributed by atoms with Gasteiger partial charge in [0.15, 0.2) is 5.69 Å². The number of hydrogen-bond acceptors (Lipinski definition) is 5. The molecule has 1 aromatic carbocycles. The Bertz CT molecular complexity index is 524. The van der Waals surface area contributed by atoms with Crippen molar-refractivity contribution in [3.63, 3.8) is 0 Å². The third-order valence-corrected chi connectivity index (χ3v) is 3.61. The van der Waals surface area contributed by atoms with E-state index in [1.54, 1.807) is 0 Å². The topological polar surface area (TPSA) is 118 Å². The lowest BCUT2D eigenvalue weighted by atomic mass is 9.86. The maximum absolute atomic E-state index is 12.1. The molecule has 20 heavy (non-hydrogen) atoms. The fourth-order valence-electron chi connectivity index (χ4n) is 2.42. The summed E-state index contributed by atoms with van der Waals surface area (Å²) in [6, 6.07) is 4.03. The number of phenols is 1. The third kappa shape index (κ3) is 3.05. The van der Waals surface area contributed by atoms with Gasteiger partial charge < -0.3 is 16.2 Å². The molecule has 108 valence electrons. The molecule has 0 unspecified atom stereocenters. The molecule has 1 aliphatic rings. The molecule has 7 nitrogen and oxygen atoms in total. The number of para-hydroxylation sites is 1. The van der Waals surface area contributed by atoms with E-state index in [1.807, 2.05) is 0 Å². The molecular formula is C13H17N3O4. The highest BCUT2D eigenvalue weighted by molar-refractivity contribution is 5.96. The first kappa shape index (κ1) is 14.3. The zero-order valence-corrected chi connectivity index (χ0v) is 10.9. The summed E-state index contributed by atoms with van der Waals surface area (Å²) >= 11 is 0. The molecule has 0 atom stereocenters. The Morgan fingerprint density at radius 3 is 2.60 bits per heavy atom. The number of hydrogen-bond donors (Lipinski definition) is 3. The number of anilines is 1. The van der Waals surface area contributed by atoms with E-state index in [0.29, 0.717) is 12.8 Å². The standard InChI is InChI=1S/C13H17N3O4/c14-9-6-4-8(5-7-9)13(18)15-12-10(16(19)20)2-1-3-11(12)17/h1-3,8-9,17H,4-7,14H2,(H,15,18). The summed E-state index contributed by atoms with van der Waals surface area (Å²) in [7, 11) is 0. The van der Waals surface area contributed by atoms with Crippen molar-refractivity contribution in [3.8, 4) is 5.75 Å². The van der Waals surface area contributed by atoms with Crippen molar-refractivity contribution < 1.29 is 14.8 Å². The molecule has 0 spiro atoms. The van der Waals surface area contributed by atoms with E-state index < -0.39 is 4.92 Å². The highest BCUT2D eigenvalue weighted by Crippen LogP contribution is 2.34. The summed E-state index contributed by atoms with van der Waals surface area (Å²) < 4.78 is 0. The average molecular weight is 279 g/mol. The van der Waals surface area contributed by atoms with Gasteiger partial charge in [0, 0.05) is 18.0 Å². The van der Waals surface area contributed by atoms with Gasteiger partial charge in [-0.2, -0.15) is 0 Å². The number of carbonyl (C=O) groups excluding carboxylic acids is 1. The molecule has 1 amide bonds. The van der Waals surface area contributed by atoms with E-state index in [0.717, 1.165) is 12.8 Å². The van der Waals surface area contributed by atoms with Crippen LogP contribution in [0.1, 0.15) is 25.7 Å². The van der Waals surface area contributed by atoms with Gasteiger partial charge in [0.05, 0.1) is 4.92 Å². The summed E-state index contributed by atoms with van der Waals surface area (Å²) in [4.78, 5) is 22.4. The van der Waals surface area contributed by atoms with E-state index >= 15 is 0 Å². The molecule has 1 aromatic rings. The number of benzene rings is 1. The Morgan fingerprint density at radius 2 is 2.00 bits per heavy atom. The van der Waals surface area contributed by atoms with Crippen LogP contribution in [0.25, 0.3) is 0 Å². The van der Waals surface area contributed by atoms with Gasteiger partial charge in [-0.15, -0.1) is 0 Å². The van der Waals surface area contributed by atoms with Crippen molar-refractivity contribution in [2.45, 2.75) is 31.7 Å². The molecule has 0 radical (unpaired) electrons. The van der Waals surface area contributed by atoms with Crippen molar-refractivity contribution in [2.24, 2.45) is 11.7 Å². The van der Waals surface area contributed by atoms with Crippen LogP contribution in [0.4, 0.5) is 11.4 Å². The second-order valence-electron chi connectivity index (χ2n) is 5.03. The summed E-state index contributed by atoms with van der Waals surface area (Å²) in [5, 5.41) is 23.1. The van der Waals surface area contributed by atoms with Crippen molar-refractivity contribution in [3.05, 3.63) is 28.3 Å².